The first-order valence-corrected chi connectivity index (χ1v) is 6.62. The number of pyridine rings is 1. The van der Waals surface area contributed by atoms with Crippen LogP contribution in [0, 0.1) is 6.92 Å². The number of halogens is 1. The molecule has 0 aliphatic carbocycles. The predicted molar refractivity (Wildman–Crippen MR) is 78.0 cm³/mol. The lowest BCUT2D eigenvalue weighted by Crippen LogP contribution is -1.89. The second-order valence-corrected chi connectivity index (χ2v) is 5.11. The van der Waals surface area contributed by atoms with Crippen molar-refractivity contribution in [3.8, 4) is 0 Å². The predicted octanol–water partition coefficient (Wildman–Crippen LogP) is 4.47. The van der Waals surface area contributed by atoms with E-state index >= 15 is 0 Å². The fraction of sp³-hybridized carbons (Fsp3) is 0.154. The Morgan fingerprint density at radius 3 is 3.06 bits per heavy atom. The summed E-state index contributed by atoms with van der Waals surface area (Å²) in [5.74, 6) is 0. The minimum Gasteiger partial charge on any atom is -0.516 e. The van der Waals surface area contributed by atoms with Crippen molar-refractivity contribution in [3.63, 3.8) is 0 Å². The Kier molecular flexibility index (Phi) is 3.99. The highest BCUT2D eigenvalue weighted by Gasteiger charge is 2.09. The Bertz CT molecular complexity index is 631. The molecule has 2 aromatic heterocycles. The number of rotatable bonds is 3. The molecule has 94 valence electrons. The molecule has 2 heterocycles. The summed E-state index contributed by atoms with van der Waals surface area (Å²) in [4.78, 5) is 4.35. The molecule has 0 amide bonds. The normalized spacial score (nSPS) is 12.7. The van der Waals surface area contributed by atoms with E-state index < -0.39 is 0 Å². The van der Waals surface area contributed by atoms with Gasteiger partial charge in [0.2, 0.25) is 0 Å². The molecule has 0 radical (unpaired) electrons. The number of hydrogen-bond donors (Lipinski definition) is 1. The molecule has 0 saturated carbocycles. The average Bonchev–Trinajstić information content (AvgIpc) is 2.65. The van der Waals surface area contributed by atoms with Gasteiger partial charge in [-0.25, -0.2) is 4.98 Å². The Hall–Kier alpha value is -1.39. The van der Waals surface area contributed by atoms with Crippen molar-refractivity contribution in [2.75, 3.05) is 0 Å². The standard InChI is InChI=1S/C13H13ClN2OS/c1-9(4-6-17)8-18-16-10(2)7-11-12(14)3-5-15-13(11)16/h3-8,17H,1-2H3/b6-4-,9-8-. The Morgan fingerprint density at radius 2 is 2.33 bits per heavy atom. The van der Waals surface area contributed by atoms with Crippen molar-refractivity contribution < 1.29 is 5.11 Å². The molecule has 0 spiro atoms. The SMILES string of the molecule is CC(/C=C\O)=C/Sn1c(C)cc2c(Cl)ccnc21. The largest absolute Gasteiger partial charge is 0.516 e. The van der Waals surface area contributed by atoms with Crippen molar-refractivity contribution in [2.24, 2.45) is 0 Å². The molecule has 2 aromatic rings. The summed E-state index contributed by atoms with van der Waals surface area (Å²) in [6, 6.07) is 3.80. The van der Waals surface area contributed by atoms with E-state index in [1.165, 1.54) is 11.9 Å². The molecule has 0 aliphatic heterocycles. The monoisotopic (exact) mass is 280 g/mol. The van der Waals surface area contributed by atoms with Gasteiger partial charge in [0.15, 0.2) is 5.65 Å². The number of fused-ring (bicyclic) bond motifs is 1. The third kappa shape index (κ3) is 2.54. The zero-order chi connectivity index (χ0) is 13.1. The van der Waals surface area contributed by atoms with Gasteiger partial charge in [-0.1, -0.05) is 11.6 Å². The van der Waals surface area contributed by atoms with Gasteiger partial charge >= 0.3 is 0 Å². The lowest BCUT2D eigenvalue weighted by Gasteiger charge is -2.03. The highest BCUT2D eigenvalue weighted by atomic mass is 35.5. The molecule has 3 nitrogen and oxygen atoms in total. The molecule has 18 heavy (non-hydrogen) atoms. The smallest absolute Gasteiger partial charge is 0.151 e. The van der Waals surface area contributed by atoms with Crippen LogP contribution in [0.5, 0.6) is 0 Å². The zero-order valence-corrected chi connectivity index (χ0v) is 11.7. The molecule has 2 rings (SSSR count). The number of aryl methyl sites for hydroxylation is 1. The van der Waals surface area contributed by atoms with Crippen molar-refractivity contribution in [1.82, 2.24) is 8.96 Å². The third-order valence-electron chi connectivity index (χ3n) is 2.46. The van der Waals surface area contributed by atoms with Crippen molar-refractivity contribution >= 4 is 34.6 Å². The van der Waals surface area contributed by atoms with Gasteiger partial charge in [-0.15, -0.1) is 0 Å². The fourth-order valence-corrected chi connectivity index (χ4v) is 2.61. The van der Waals surface area contributed by atoms with E-state index in [1.807, 2.05) is 29.3 Å². The van der Waals surface area contributed by atoms with Crippen LogP contribution in [0.15, 0.2) is 41.6 Å². The Morgan fingerprint density at radius 1 is 1.56 bits per heavy atom. The van der Waals surface area contributed by atoms with Crippen LogP contribution in [0.4, 0.5) is 0 Å². The first-order valence-electron chi connectivity index (χ1n) is 5.40. The molecule has 0 unspecified atom stereocenters. The number of nitrogens with zero attached hydrogens (tertiary/aromatic N) is 2. The van der Waals surface area contributed by atoms with Crippen LogP contribution in [0.1, 0.15) is 12.6 Å². The van der Waals surface area contributed by atoms with Crippen LogP contribution >= 0.6 is 23.5 Å². The van der Waals surface area contributed by atoms with Crippen LogP contribution in [0.25, 0.3) is 11.0 Å². The fourth-order valence-electron chi connectivity index (χ4n) is 1.60. The number of aliphatic hydroxyl groups excluding tert-OH is 1. The number of hydrogen-bond acceptors (Lipinski definition) is 3. The molecule has 1 N–H and O–H groups in total. The molecule has 5 heteroatoms. The van der Waals surface area contributed by atoms with Gasteiger partial charge in [0.1, 0.15) is 0 Å². The Balaban J connectivity index is 2.42. The third-order valence-corrected chi connectivity index (χ3v) is 3.94. The summed E-state index contributed by atoms with van der Waals surface area (Å²) >= 11 is 7.64. The van der Waals surface area contributed by atoms with E-state index in [-0.39, 0.29) is 0 Å². The zero-order valence-electron chi connectivity index (χ0n) is 10.1. The Labute approximate surface area is 115 Å². The second kappa shape index (κ2) is 5.50. The van der Waals surface area contributed by atoms with Gasteiger partial charge in [-0.2, -0.15) is 0 Å². The summed E-state index contributed by atoms with van der Waals surface area (Å²) in [6.45, 7) is 3.93. The lowest BCUT2D eigenvalue weighted by atomic mass is 10.3. The maximum absolute atomic E-state index is 8.69. The highest BCUT2D eigenvalue weighted by molar-refractivity contribution is 8.00. The van der Waals surface area contributed by atoms with Crippen molar-refractivity contribution in [2.45, 2.75) is 13.8 Å². The van der Waals surface area contributed by atoms with Gasteiger partial charge in [0.05, 0.1) is 11.3 Å². The molecular weight excluding hydrogens is 268 g/mol. The van der Waals surface area contributed by atoms with Crippen LogP contribution in [0.3, 0.4) is 0 Å². The molecule has 0 aliphatic rings. The van der Waals surface area contributed by atoms with E-state index in [4.69, 9.17) is 16.7 Å². The number of allylic oxidation sites excluding steroid dienone is 2. The minimum atomic E-state index is 0.707. The van der Waals surface area contributed by atoms with Gasteiger partial charge in [-0.3, -0.25) is 3.97 Å². The quantitative estimate of drug-likeness (QED) is 0.666. The van der Waals surface area contributed by atoms with E-state index in [9.17, 15) is 0 Å². The van der Waals surface area contributed by atoms with E-state index in [0.29, 0.717) is 5.02 Å². The lowest BCUT2D eigenvalue weighted by molar-refractivity contribution is 0.473. The van der Waals surface area contributed by atoms with Crippen LogP contribution in [0.2, 0.25) is 5.02 Å². The highest BCUT2D eigenvalue weighted by Crippen LogP contribution is 2.28. The van der Waals surface area contributed by atoms with E-state index in [1.54, 1.807) is 18.3 Å². The van der Waals surface area contributed by atoms with Crippen molar-refractivity contribution in [3.05, 3.63) is 52.4 Å². The average molecular weight is 281 g/mol. The minimum absolute atomic E-state index is 0.707. The first kappa shape index (κ1) is 13.1. The number of aromatic nitrogens is 2. The molecule has 0 aromatic carbocycles. The summed E-state index contributed by atoms with van der Waals surface area (Å²) in [5.41, 5.74) is 2.89. The maximum atomic E-state index is 8.69. The van der Waals surface area contributed by atoms with Gasteiger partial charge in [-0.05, 0) is 55.0 Å². The molecule has 0 saturated heterocycles. The number of aliphatic hydroxyl groups is 1. The van der Waals surface area contributed by atoms with E-state index in [2.05, 4.69) is 4.98 Å². The topological polar surface area (TPSA) is 38.0 Å². The molecule has 0 fully saturated rings. The molecule has 0 atom stereocenters. The first-order chi connectivity index (χ1) is 8.63. The summed E-state index contributed by atoms with van der Waals surface area (Å²) < 4.78 is 2.01. The summed E-state index contributed by atoms with van der Waals surface area (Å²) in [7, 11) is 0. The second-order valence-electron chi connectivity index (χ2n) is 3.89. The van der Waals surface area contributed by atoms with Gasteiger partial charge in [0.25, 0.3) is 0 Å². The maximum Gasteiger partial charge on any atom is 0.151 e. The summed E-state index contributed by atoms with van der Waals surface area (Å²) in [6.07, 6.45) is 4.36. The van der Waals surface area contributed by atoms with Crippen LogP contribution in [-0.4, -0.2) is 14.1 Å². The van der Waals surface area contributed by atoms with Gasteiger partial charge in [0, 0.05) is 17.3 Å². The van der Waals surface area contributed by atoms with Crippen LogP contribution < -0.4 is 0 Å². The van der Waals surface area contributed by atoms with Crippen molar-refractivity contribution in [1.29, 1.82) is 0 Å². The van der Waals surface area contributed by atoms with Crippen LogP contribution in [-0.2, 0) is 0 Å². The molecule has 0 bridgehead atoms. The van der Waals surface area contributed by atoms with Gasteiger partial charge < -0.3 is 5.11 Å². The summed E-state index contributed by atoms with van der Waals surface area (Å²) in [5, 5.41) is 12.3. The van der Waals surface area contributed by atoms with E-state index in [0.717, 1.165) is 28.6 Å². The molecular formula is C13H13ClN2OS.